The summed E-state index contributed by atoms with van der Waals surface area (Å²) in [6.07, 6.45) is 1.20. The van der Waals surface area contributed by atoms with Crippen molar-refractivity contribution in [2.45, 2.75) is 53.1 Å². The second kappa shape index (κ2) is 7.41. The second-order valence-corrected chi connectivity index (χ2v) is 7.42. The van der Waals surface area contributed by atoms with Gasteiger partial charge in [0.05, 0.1) is 0 Å². The van der Waals surface area contributed by atoms with E-state index in [-0.39, 0.29) is 0 Å². The lowest BCUT2D eigenvalue weighted by Crippen LogP contribution is -2.42. The van der Waals surface area contributed by atoms with Gasteiger partial charge in [-0.1, -0.05) is 33.8 Å². The number of nitrogens with zero attached hydrogens (tertiary/aromatic N) is 1. The van der Waals surface area contributed by atoms with Crippen LogP contribution in [0.3, 0.4) is 0 Å². The normalized spacial score (nSPS) is 15.7. The Kier molecular flexibility index (Phi) is 6.51. The van der Waals surface area contributed by atoms with Gasteiger partial charge in [-0.25, -0.2) is 0 Å². The minimum Gasteiger partial charge on any atom is -0.314 e. The Morgan fingerprint density at radius 3 is 2.53 bits per heavy atom. The Morgan fingerprint density at radius 2 is 2.05 bits per heavy atom. The Balaban J connectivity index is 2.50. The number of nitrogens with one attached hydrogen (secondary N) is 1. The van der Waals surface area contributed by atoms with Crippen molar-refractivity contribution >= 4 is 11.3 Å². The van der Waals surface area contributed by atoms with Crippen molar-refractivity contribution in [2.24, 2.45) is 5.41 Å². The van der Waals surface area contributed by atoms with Crippen LogP contribution >= 0.6 is 11.3 Å². The Hall–Kier alpha value is -0.380. The van der Waals surface area contributed by atoms with Crippen molar-refractivity contribution in [1.82, 2.24) is 10.2 Å². The lowest BCUT2D eigenvalue weighted by Gasteiger charge is -2.34. The molecule has 2 nitrogen and oxygen atoms in total. The van der Waals surface area contributed by atoms with Gasteiger partial charge >= 0.3 is 0 Å². The summed E-state index contributed by atoms with van der Waals surface area (Å²) in [7, 11) is 2.23. The first-order chi connectivity index (χ1) is 8.86. The van der Waals surface area contributed by atoms with Gasteiger partial charge in [0.2, 0.25) is 0 Å². The molecule has 0 aliphatic carbocycles. The Labute approximate surface area is 123 Å². The molecule has 0 aliphatic rings. The molecule has 0 amide bonds. The fraction of sp³-hybridized carbons (Fsp3) is 0.750. The molecule has 110 valence electrons. The van der Waals surface area contributed by atoms with E-state index in [1.807, 2.05) is 11.3 Å². The molecule has 1 N–H and O–H groups in total. The first-order valence-corrected chi connectivity index (χ1v) is 8.21. The van der Waals surface area contributed by atoms with Crippen LogP contribution in [0.1, 0.15) is 52.0 Å². The third kappa shape index (κ3) is 5.25. The summed E-state index contributed by atoms with van der Waals surface area (Å²) in [5.74, 6) is 0. The molecule has 3 heteroatoms. The van der Waals surface area contributed by atoms with Crippen LogP contribution in [0.25, 0.3) is 0 Å². The largest absolute Gasteiger partial charge is 0.314 e. The molecule has 0 aliphatic heterocycles. The van der Waals surface area contributed by atoms with Gasteiger partial charge in [0.15, 0.2) is 0 Å². The molecule has 1 rings (SSSR count). The van der Waals surface area contributed by atoms with E-state index in [4.69, 9.17) is 0 Å². The van der Waals surface area contributed by atoms with Gasteiger partial charge in [-0.3, -0.25) is 4.90 Å². The fourth-order valence-corrected chi connectivity index (χ4v) is 3.21. The molecule has 19 heavy (non-hydrogen) atoms. The van der Waals surface area contributed by atoms with E-state index in [2.05, 4.69) is 69.4 Å². The van der Waals surface area contributed by atoms with Crippen LogP contribution in [0.4, 0.5) is 0 Å². The van der Waals surface area contributed by atoms with Gasteiger partial charge in [0, 0.05) is 17.0 Å². The van der Waals surface area contributed by atoms with Crippen LogP contribution < -0.4 is 5.32 Å². The molecule has 0 aromatic carbocycles. The topological polar surface area (TPSA) is 15.3 Å². The zero-order valence-corrected chi connectivity index (χ0v) is 14.2. The summed E-state index contributed by atoms with van der Waals surface area (Å²) in [5, 5.41) is 5.79. The number of rotatable bonds is 7. The molecule has 1 aromatic heterocycles. The maximum absolute atomic E-state index is 3.63. The molecule has 2 atom stereocenters. The smallest absolute Gasteiger partial charge is 0.0410 e. The molecule has 2 unspecified atom stereocenters. The summed E-state index contributed by atoms with van der Waals surface area (Å²) in [6, 6.07) is 5.47. The maximum atomic E-state index is 3.63. The minimum absolute atomic E-state index is 0.322. The molecule has 0 fully saturated rings. The van der Waals surface area contributed by atoms with Crippen LogP contribution in [-0.4, -0.2) is 31.1 Å². The van der Waals surface area contributed by atoms with E-state index in [9.17, 15) is 0 Å². The van der Waals surface area contributed by atoms with Crippen molar-refractivity contribution < 1.29 is 0 Å². The van der Waals surface area contributed by atoms with Gasteiger partial charge in [-0.15, -0.1) is 11.3 Å². The molecule has 0 saturated carbocycles. The Bertz CT molecular complexity index is 340. The van der Waals surface area contributed by atoms with Crippen molar-refractivity contribution in [3.63, 3.8) is 0 Å². The Morgan fingerprint density at radius 1 is 1.37 bits per heavy atom. The third-order valence-electron chi connectivity index (χ3n) is 3.88. The van der Waals surface area contributed by atoms with E-state index in [1.54, 1.807) is 0 Å². The maximum Gasteiger partial charge on any atom is 0.0410 e. The van der Waals surface area contributed by atoms with Crippen molar-refractivity contribution in [2.75, 3.05) is 20.1 Å². The highest BCUT2D eigenvalue weighted by atomic mass is 32.1. The monoisotopic (exact) mass is 282 g/mol. The number of hydrogen-bond acceptors (Lipinski definition) is 3. The van der Waals surface area contributed by atoms with E-state index in [0.717, 1.165) is 13.1 Å². The highest BCUT2D eigenvalue weighted by molar-refractivity contribution is 7.10. The average Bonchev–Trinajstić information content (AvgIpc) is 2.85. The van der Waals surface area contributed by atoms with Crippen LogP contribution in [0, 0.1) is 5.41 Å². The SMILES string of the molecule is CCNC(CCN(C)C(C)c1cccs1)C(C)(C)C. The molecule has 1 aromatic rings. The van der Waals surface area contributed by atoms with Gasteiger partial charge in [-0.05, 0) is 50.3 Å². The summed E-state index contributed by atoms with van der Waals surface area (Å²) < 4.78 is 0. The fourth-order valence-electron chi connectivity index (χ4n) is 2.36. The average molecular weight is 282 g/mol. The second-order valence-electron chi connectivity index (χ2n) is 6.44. The van der Waals surface area contributed by atoms with Gasteiger partial charge < -0.3 is 5.32 Å². The van der Waals surface area contributed by atoms with Crippen LogP contribution in [-0.2, 0) is 0 Å². The quantitative estimate of drug-likeness (QED) is 0.808. The summed E-state index contributed by atoms with van der Waals surface area (Å²) in [6.45, 7) is 13.6. The first kappa shape index (κ1) is 16.7. The molecule has 0 spiro atoms. The van der Waals surface area contributed by atoms with Gasteiger partial charge in [-0.2, -0.15) is 0 Å². The highest BCUT2D eigenvalue weighted by Crippen LogP contribution is 2.26. The summed E-state index contributed by atoms with van der Waals surface area (Å²) in [4.78, 5) is 3.92. The summed E-state index contributed by atoms with van der Waals surface area (Å²) >= 11 is 1.85. The van der Waals surface area contributed by atoms with Crippen LogP contribution in [0.2, 0.25) is 0 Å². The predicted octanol–water partition coefficient (Wildman–Crippen LogP) is 4.16. The predicted molar refractivity (Wildman–Crippen MR) is 86.9 cm³/mol. The van der Waals surface area contributed by atoms with Crippen LogP contribution in [0.15, 0.2) is 17.5 Å². The molecular weight excluding hydrogens is 252 g/mol. The molecule has 1 heterocycles. The molecule has 0 saturated heterocycles. The van der Waals surface area contributed by atoms with Crippen molar-refractivity contribution in [1.29, 1.82) is 0 Å². The van der Waals surface area contributed by atoms with Gasteiger partial charge in [0.25, 0.3) is 0 Å². The number of thiophene rings is 1. The standard InChI is InChI=1S/C16H30N2S/c1-7-17-15(16(3,4)5)10-11-18(6)13(2)14-9-8-12-19-14/h8-9,12-13,15,17H,7,10-11H2,1-6H3. The lowest BCUT2D eigenvalue weighted by molar-refractivity contribution is 0.201. The van der Waals surface area contributed by atoms with Crippen LogP contribution in [0.5, 0.6) is 0 Å². The summed E-state index contributed by atoms with van der Waals surface area (Å²) in [5.41, 5.74) is 0.322. The molecular formula is C16H30N2S. The van der Waals surface area contributed by atoms with Gasteiger partial charge in [0.1, 0.15) is 0 Å². The first-order valence-electron chi connectivity index (χ1n) is 7.33. The zero-order chi connectivity index (χ0) is 14.5. The van der Waals surface area contributed by atoms with E-state index in [1.165, 1.54) is 11.3 Å². The molecule has 0 radical (unpaired) electrons. The van der Waals surface area contributed by atoms with E-state index in [0.29, 0.717) is 17.5 Å². The third-order valence-corrected chi connectivity index (χ3v) is 4.93. The minimum atomic E-state index is 0.322. The van der Waals surface area contributed by atoms with E-state index >= 15 is 0 Å². The number of hydrogen-bond donors (Lipinski definition) is 1. The van der Waals surface area contributed by atoms with Crippen molar-refractivity contribution in [3.05, 3.63) is 22.4 Å². The zero-order valence-electron chi connectivity index (χ0n) is 13.4. The highest BCUT2D eigenvalue weighted by Gasteiger charge is 2.24. The van der Waals surface area contributed by atoms with E-state index < -0.39 is 0 Å². The molecule has 0 bridgehead atoms. The van der Waals surface area contributed by atoms with Crippen molar-refractivity contribution in [3.8, 4) is 0 Å². The lowest BCUT2D eigenvalue weighted by atomic mass is 9.84.